The first-order valence-corrected chi connectivity index (χ1v) is 7.41. The summed E-state index contributed by atoms with van der Waals surface area (Å²) in [5.41, 5.74) is 0. The first kappa shape index (κ1) is 13.0. The summed E-state index contributed by atoms with van der Waals surface area (Å²) < 4.78 is 23.1. The van der Waals surface area contributed by atoms with Crippen LogP contribution in [0.15, 0.2) is 0 Å². The summed E-state index contributed by atoms with van der Waals surface area (Å²) in [6.45, 7) is 7.41. The minimum Gasteiger partial charge on any atom is -0.316 e. The molecule has 15 heavy (non-hydrogen) atoms. The van der Waals surface area contributed by atoms with E-state index in [4.69, 9.17) is 0 Å². The Labute approximate surface area is 93.6 Å². The fraction of sp³-hybridized carbons (Fsp3) is 1.00. The summed E-state index contributed by atoms with van der Waals surface area (Å²) in [4.78, 5) is 0. The van der Waals surface area contributed by atoms with E-state index in [-0.39, 0.29) is 0 Å². The van der Waals surface area contributed by atoms with E-state index < -0.39 is 14.6 Å². The second kappa shape index (κ2) is 4.83. The average Bonchev–Trinajstić information content (AvgIpc) is 2.15. The third-order valence-corrected chi connectivity index (χ3v) is 5.77. The smallest absolute Gasteiger partial charge is 0.155 e. The molecule has 1 heterocycles. The van der Waals surface area contributed by atoms with Gasteiger partial charge in [-0.2, -0.15) is 0 Å². The van der Waals surface area contributed by atoms with Crippen LogP contribution in [0, 0.1) is 5.92 Å². The summed E-state index contributed by atoms with van der Waals surface area (Å²) >= 11 is 0. The lowest BCUT2D eigenvalue weighted by Gasteiger charge is -2.25. The number of sulfone groups is 1. The Kier molecular flexibility index (Phi) is 4.18. The van der Waals surface area contributed by atoms with Gasteiger partial charge in [-0.3, -0.25) is 0 Å². The second-order valence-electron chi connectivity index (χ2n) is 5.43. The van der Waals surface area contributed by atoms with E-state index >= 15 is 0 Å². The van der Waals surface area contributed by atoms with Gasteiger partial charge in [0.05, 0.1) is 10.5 Å². The van der Waals surface area contributed by atoms with Crippen molar-refractivity contribution in [2.75, 3.05) is 18.8 Å². The molecule has 1 rings (SSSR count). The molecule has 0 spiro atoms. The maximum atomic E-state index is 11.9. The van der Waals surface area contributed by atoms with Crippen LogP contribution < -0.4 is 5.32 Å². The van der Waals surface area contributed by atoms with Crippen molar-refractivity contribution >= 4 is 9.84 Å². The highest BCUT2D eigenvalue weighted by Gasteiger charge is 2.29. The molecule has 0 aromatic carbocycles. The highest BCUT2D eigenvalue weighted by Crippen LogP contribution is 2.21. The van der Waals surface area contributed by atoms with Crippen molar-refractivity contribution < 1.29 is 8.42 Å². The Bertz CT molecular complexity index is 284. The molecule has 4 heteroatoms. The standard InChI is InChI=1S/C11H23NO2S/c1-11(2,3)15(13,14)8-6-10-5-4-7-12-9-10/h10,12H,4-9H2,1-3H3. The van der Waals surface area contributed by atoms with E-state index in [9.17, 15) is 8.42 Å². The van der Waals surface area contributed by atoms with Gasteiger partial charge in [-0.05, 0) is 59.0 Å². The minimum atomic E-state index is -2.92. The topological polar surface area (TPSA) is 46.2 Å². The zero-order valence-corrected chi connectivity index (χ0v) is 10.9. The van der Waals surface area contributed by atoms with E-state index in [2.05, 4.69) is 5.32 Å². The third-order valence-electron chi connectivity index (χ3n) is 3.13. The second-order valence-corrected chi connectivity index (χ2v) is 8.29. The Morgan fingerprint density at radius 1 is 1.33 bits per heavy atom. The lowest BCUT2D eigenvalue weighted by atomic mass is 9.97. The molecule has 1 aliphatic heterocycles. The maximum Gasteiger partial charge on any atom is 0.155 e. The number of hydrogen-bond donors (Lipinski definition) is 1. The highest BCUT2D eigenvalue weighted by molar-refractivity contribution is 7.92. The normalized spacial score (nSPS) is 24.1. The van der Waals surface area contributed by atoms with Gasteiger partial charge in [-0.15, -0.1) is 0 Å². The molecule has 0 saturated carbocycles. The van der Waals surface area contributed by atoms with E-state index in [0.29, 0.717) is 11.7 Å². The lowest BCUT2D eigenvalue weighted by molar-refractivity contribution is 0.368. The maximum absolute atomic E-state index is 11.9. The van der Waals surface area contributed by atoms with Crippen molar-refractivity contribution in [3.05, 3.63) is 0 Å². The first-order valence-electron chi connectivity index (χ1n) is 5.76. The number of hydrogen-bond acceptors (Lipinski definition) is 3. The monoisotopic (exact) mass is 233 g/mol. The van der Waals surface area contributed by atoms with Crippen LogP contribution in [0.5, 0.6) is 0 Å². The summed E-state index contributed by atoms with van der Waals surface area (Å²) in [6.07, 6.45) is 3.17. The molecule has 1 atom stereocenters. The van der Waals surface area contributed by atoms with Crippen LogP contribution >= 0.6 is 0 Å². The lowest BCUT2D eigenvalue weighted by Crippen LogP contribution is -2.34. The molecular formula is C11H23NO2S. The van der Waals surface area contributed by atoms with Gasteiger partial charge in [0.2, 0.25) is 0 Å². The third kappa shape index (κ3) is 3.76. The quantitative estimate of drug-likeness (QED) is 0.805. The molecule has 0 aromatic rings. The average molecular weight is 233 g/mol. The van der Waals surface area contributed by atoms with E-state index in [1.807, 2.05) is 0 Å². The minimum absolute atomic E-state index is 0.336. The van der Waals surface area contributed by atoms with Crippen molar-refractivity contribution in [2.24, 2.45) is 5.92 Å². The molecule has 0 aromatic heterocycles. The van der Waals surface area contributed by atoms with Crippen LogP contribution in [0.3, 0.4) is 0 Å². The van der Waals surface area contributed by atoms with Crippen molar-refractivity contribution in [1.29, 1.82) is 0 Å². The molecule has 0 aliphatic carbocycles. The molecule has 1 N–H and O–H groups in total. The Morgan fingerprint density at radius 3 is 2.47 bits per heavy atom. The summed E-state index contributed by atoms with van der Waals surface area (Å²) in [5.74, 6) is 0.888. The van der Waals surface area contributed by atoms with Crippen LogP contribution in [-0.2, 0) is 9.84 Å². The van der Waals surface area contributed by atoms with Crippen molar-refractivity contribution in [1.82, 2.24) is 5.32 Å². The first-order chi connectivity index (χ1) is 6.83. The van der Waals surface area contributed by atoms with Crippen LogP contribution in [0.2, 0.25) is 0 Å². The fourth-order valence-electron chi connectivity index (χ4n) is 1.80. The molecule has 1 saturated heterocycles. The molecule has 0 bridgehead atoms. The van der Waals surface area contributed by atoms with Gasteiger partial charge in [0, 0.05) is 0 Å². The molecule has 90 valence electrons. The van der Waals surface area contributed by atoms with E-state index in [0.717, 1.165) is 19.5 Å². The molecular weight excluding hydrogens is 210 g/mol. The van der Waals surface area contributed by atoms with E-state index in [1.54, 1.807) is 20.8 Å². The number of nitrogens with one attached hydrogen (secondary N) is 1. The van der Waals surface area contributed by atoms with Crippen molar-refractivity contribution in [3.63, 3.8) is 0 Å². The molecule has 1 fully saturated rings. The SMILES string of the molecule is CC(C)(C)S(=O)(=O)CCC1CCCNC1. The zero-order valence-electron chi connectivity index (χ0n) is 10.0. The van der Waals surface area contributed by atoms with Crippen molar-refractivity contribution in [3.8, 4) is 0 Å². The van der Waals surface area contributed by atoms with Gasteiger partial charge in [0.15, 0.2) is 9.84 Å². The zero-order chi connectivity index (χ0) is 11.5. The van der Waals surface area contributed by atoms with Gasteiger partial charge in [-0.25, -0.2) is 8.42 Å². The Hall–Kier alpha value is -0.0900. The predicted octanol–water partition coefficient (Wildman–Crippen LogP) is 1.59. The molecule has 1 unspecified atom stereocenters. The van der Waals surface area contributed by atoms with Gasteiger partial charge in [-0.1, -0.05) is 0 Å². The largest absolute Gasteiger partial charge is 0.316 e. The molecule has 3 nitrogen and oxygen atoms in total. The number of piperidine rings is 1. The predicted molar refractivity (Wildman–Crippen MR) is 63.8 cm³/mol. The van der Waals surface area contributed by atoms with Crippen LogP contribution in [-0.4, -0.2) is 32.0 Å². The van der Waals surface area contributed by atoms with Gasteiger partial charge in [0.1, 0.15) is 0 Å². The summed E-state index contributed by atoms with van der Waals surface area (Å²) in [7, 11) is -2.92. The van der Waals surface area contributed by atoms with Crippen LogP contribution in [0.4, 0.5) is 0 Å². The molecule has 1 aliphatic rings. The van der Waals surface area contributed by atoms with Gasteiger partial charge >= 0.3 is 0 Å². The number of rotatable bonds is 3. The highest BCUT2D eigenvalue weighted by atomic mass is 32.2. The van der Waals surface area contributed by atoms with Crippen molar-refractivity contribution in [2.45, 2.75) is 44.8 Å². The molecule has 0 radical (unpaired) electrons. The summed E-state index contributed by atoms with van der Waals surface area (Å²) in [5, 5.41) is 3.31. The Morgan fingerprint density at radius 2 is 2.00 bits per heavy atom. The Balaban J connectivity index is 2.42. The summed E-state index contributed by atoms with van der Waals surface area (Å²) in [6, 6.07) is 0. The van der Waals surface area contributed by atoms with Gasteiger partial charge in [0.25, 0.3) is 0 Å². The fourth-order valence-corrected chi connectivity index (χ4v) is 3.05. The van der Waals surface area contributed by atoms with E-state index in [1.165, 1.54) is 12.8 Å². The molecule has 0 amide bonds. The van der Waals surface area contributed by atoms with Crippen LogP contribution in [0.25, 0.3) is 0 Å². The van der Waals surface area contributed by atoms with Crippen LogP contribution in [0.1, 0.15) is 40.0 Å². The van der Waals surface area contributed by atoms with Gasteiger partial charge < -0.3 is 5.32 Å².